The fourth-order valence-electron chi connectivity index (χ4n) is 1.55. The Morgan fingerprint density at radius 2 is 1.93 bits per heavy atom. The molecule has 0 radical (unpaired) electrons. The van der Waals surface area contributed by atoms with E-state index in [0.29, 0.717) is 5.75 Å². The molecule has 0 spiro atoms. The van der Waals surface area contributed by atoms with E-state index in [2.05, 4.69) is 26.8 Å². The van der Waals surface area contributed by atoms with Crippen molar-refractivity contribution in [1.82, 2.24) is 0 Å². The third-order valence-electron chi connectivity index (χ3n) is 2.49. The lowest BCUT2D eigenvalue weighted by atomic mass is 9.86. The molecule has 2 heteroatoms. The highest BCUT2D eigenvalue weighted by Crippen LogP contribution is 2.28. The standard InChI is InChI=1S/C13H21NO/c1-9(14)7-10-5-6-11(8-12(10)15)13(2,3)4/h5-6,8-9,15H,7,14H2,1-4H3. The van der Waals surface area contributed by atoms with Gasteiger partial charge in [-0.2, -0.15) is 0 Å². The summed E-state index contributed by atoms with van der Waals surface area (Å²) in [4.78, 5) is 0. The summed E-state index contributed by atoms with van der Waals surface area (Å²) >= 11 is 0. The van der Waals surface area contributed by atoms with Crippen molar-refractivity contribution >= 4 is 0 Å². The monoisotopic (exact) mass is 207 g/mol. The number of phenols is 1. The molecular formula is C13H21NO. The summed E-state index contributed by atoms with van der Waals surface area (Å²) in [5, 5.41) is 9.85. The van der Waals surface area contributed by atoms with Crippen LogP contribution in [-0.2, 0) is 11.8 Å². The van der Waals surface area contributed by atoms with Gasteiger partial charge in [-0.05, 0) is 36.0 Å². The van der Waals surface area contributed by atoms with E-state index in [-0.39, 0.29) is 11.5 Å². The first-order chi connectivity index (χ1) is 6.80. The molecule has 0 fully saturated rings. The molecule has 0 aliphatic heterocycles. The number of nitrogens with two attached hydrogens (primary N) is 1. The van der Waals surface area contributed by atoms with Crippen molar-refractivity contribution in [3.05, 3.63) is 29.3 Å². The fraction of sp³-hybridized carbons (Fsp3) is 0.538. The summed E-state index contributed by atoms with van der Waals surface area (Å²) < 4.78 is 0. The zero-order valence-electron chi connectivity index (χ0n) is 10.0. The summed E-state index contributed by atoms with van der Waals surface area (Å²) in [7, 11) is 0. The molecular weight excluding hydrogens is 186 g/mol. The molecule has 1 unspecified atom stereocenters. The molecule has 2 nitrogen and oxygen atoms in total. The number of benzene rings is 1. The molecule has 84 valence electrons. The second-order valence-electron chi connectivity index (χ2n) is 5.27. The largest absolute Gasteiger partial charge is 0.508 e. The maximum Gasteiger partial charge on any atom is 0.119 e. The van der Waals surface area contributed by atoms with Gasteiger partial charge in [0.05, 0.1) is 0 Å². The topological polar surface area (TPSA) is 46.2 Å². The van der Waals surface area contributed by atoms with E-state index >= 15 is 0 Å². The Kier molecular flexibility index (Phi) is 3.40. The van der Waals surface area contributed by atoms with Crippen LogP contribution in [-0.4, -0.2) is 11.1 Å². The first-order valence-electron chi connectivity index (χ1n) is 5.38. The predicted octanol–water partition coefficient (Wildman–Crippen LogP) is 2.58. The van der Waals surface area contributed by atoms with Crippen molar-refractivity contribution in [1.29, 1.82) is 0 Å². The number of aromatic hydroxyl groups is 1. The highest BCUT2D eigenvalue weighted by atomic mass is 16.3. The van der Waals surface area contributed by atoms with Crippen molar-refractivity contribution in [2.75, 3.05) is 0 Å². The summed E-state index contributed by atoms with van der Waals surface area (Å²) in [5.74, 6) is 0.361. The Bertz CT molecular complexity index is 337. The molecule has 1 rings (SSSR count). The lowest BCUT2D eigenvalue weighted by Gasteiger charge is -2.20. The molecule has 0 bridgehead atoms. The van der Waals surface area contributed by atoms with E-state index < -0.39 is 0 Å². The van der Waals surface area contributed by atoms with Gasteiger partial charge < -0.3 is 10.8 Å². The lowest BCUT2D eigenvalue weighted by Crippen LogP contribution is -2.18. The molecule has 0 heterocycles. The van der Waals surface area contributed by atoms with Gasteiger partial charge in [0.25, 0.3) is 0 Å². The SMILES string of the molecule is CC(N)Cc1ccc(C(C)(C)C)cc1O. The van der Waals surface area contributed by atoms with E-state index in [4.69, 9.17) is 5.73 Å². The van der Waals surface area contributed by atoms with E-state index in [1.165, 1.54) is 0 Å². The van der Waals surface area contributed by atoms with E-state index in [0.717, 1.165) is 17.5 Å². The van der Waals surface area contributed by atoms with Gasteiger partial charge in [-0.3, -0.25) is 0 Å². The molecule has 15 heavy (non-hydrogen) atoms. The van der Waals surface area contributed by atoms with E-state index in [9.17, 15) is 5.11 Å². The van der Waals surface area contributed by atoms with Crippen LogP contribution in [0.3, 0.4) is 0 Å². The Morgan fingerprint density at radius 3 is 2.33 bits per heavy atom. The first kappa shape index (κ1) is 12.1. The number of hydrogen-bond donors (Lipinski definition) is 2. The van der Waals surface area contributed by atoms with Crippen LogP contribution >= 0.6 is 0 Å². The second kappa shape index (κ2) is 4.23. The maximum absolute atomic E-state index is 9.85. The van der Waals surface area contributed by atoms with Crippen molar-refractivity contribution < 1.29 is 5.11 Å². The highest BCUT2D eigenvalue weighted by molar-refractivity contribution is 5.39. The zero-order valence-corrected chi connectivity index (χ0v) is 10.0. The molecule has 0 saturated heterocycles. The van der Waals surface area contributed by atoms with Gasteiger partial charge in [0, 0.05) is 6.04 Å². The molecule has 0 aromatic heterocycles. The quantitative estimate of drug-likeness (QED) is 0.783. The van der Waals surface area contributed by atoms with Crippen molar-refractivity contribution in [2.45, 2.75) is 45.6 Å². The molecule has 0 aliphatic rings. The lowest BCUT2D eigenvalue weighted by molar-refractivity contribution is 0.461. The summed E-state index contributed by atoms with van der Waals surface area (Å²) in [6, 6.07) is 5.96. The minimum atomic E-state index is 0.0738. The Morgan fingerprint density at radius 1 is 1.33 bits per heavy atom. The van der Waals surface area contributed by atoms with Crippen LogP contribution < -0.4 is 5.73 Å². The van der Waals surface area contributed by atoms with Crippen LogP contribution in [0, 0.1) is 0 Å². The third-order valence-corrected chi connectivity index (χ3v) is 2.49. The van der Waals surface area contributed by atoms with Crippen LogP contribution in [0.2, 0.25) is 0 Å². The molecule has 3 N–H and O–H groups in total. The van der Waals surface area contributed by atoms with Gasteiger partial charge >= 0.3 is 0 Å². The molecule has 1 aromatic carbocycles. The van der Waals surface area contributed by atoms with E-state index in [1.807, 2.05) is 19.1 Å². The van der Waals surface area contributed by atoms with Gasteiger partial charge in [-0.15, -0.1) is 0 Å². The molecule has 0 saturated carbocycles. The van der Waals surface area contributed by atoms with Crippen LogP contribution in [0.1, 0.15) is 38.8 Å². The van der Waals surface area contributed by atoms with Crippen LogP contribution in [0.4, 0.5) is 0 Å². The Balaban J connectivity index is 2.98. The van der Waals surface area contributed by atoms with Crippen LogP contribution in [0.25, 0.3) is 0 Å². The number of phenolic OH excluding ortho intramolecular Hbond substituents is 1. The highest BCUT2D eigenvalue weighted by Gasteiger charge is 2.15. The second-order valence-corrected chi connectivity index (χ2v) is 5.27. The van der Waals surface area contributed by atoms with Crippen molar-refractivity contribution in [2.24, 2.45) is 5.73 Å². The minimum Gasteiger partial charge on any atom is -0.508 e. The predicted molar refractivity (Wildman–Crippen MR) is 64.2 cm³/mol. The first-order valence-corrected chi connectivity index (χ1v) is 5.38. The Hall–Kier alpha value is -1.02. The number of hydrogen-bond acceptors (Lipinski definition) is 2. The molecule has 0 aliphatic carbocycles. The normalized spacial score (nSPS) is 13.9. The molecule has 0 amide bonds. The summed E-state index contributed by atoms with van der Waals surface area (Å²) in [6.07, 6.45) is 0.719. The maximum atomic E-state index is 9.85. The average Bonchev–Trinajstić information content (AvgIpc) is 2.05. The van der Waals surface area contributed by atoms with Crippen molar-refractivity contribution in [3.8, 4) is 5.75 Å². The zero-order chi connectivity index (χ0) is 11.6. The minimum absolute atomic E-state index is 0.0738. The average molecular weight is 207 g/mol. The van der Waals surface area contributed by atoms with Gasteiger partial charge in [0.1, 0.15) is 5.75 Å². The van der Waals surface area contributed by atoms with Gasteiger partial charge in [-0.1, -0.05) is 32.9 Å². The van der Waals surface area contributed by atoms with Crippen molar-refractivity contribution in [3.63, 3.8) is 0 Å². The van der Waals surface area contributed by atoms with Gasteiger partial charge in [0.15, 0.2) is 0 Å². The smallest absolute Gasteiger partial charge is 0.119 e. The van der Waals surface area contributed by atoms with Gasteiger partial charge in [0.2, 0.25) is 0 Å². The summed E-state index contributed by atoms with van der Waals surface area (Å²) in [6.45, 7) is 8.34. The molecule has 1 aromatic rings. The van der Waals surface area contributed by atoms with Crippen LogP contribution in [0.15, 0.2) is 18.2 Å². The number of rotatable bonds is 2. The Labute approximate surface area is 92.1 Å². The van der Waals surface area contributed by atoms with Crippen LogP contribution in [0.5, 0.6) is 5.75 Å². The third kappa shape index (κ3) is 3.24. The molecule has 1 atom stereocenters. The van der Waals surface area contributed by atoms with E-state index in [1.54, 1.807) is 0 Å². The van der Waals surface area contributed by atoms with Gasteiger partial charge in [-0.25, -0.2) is 0 Å². The summed E-state index contributed by atoms with van der Waals surface area (Å²) in [5.41, 5.74) is 7.86. The fourth-order valence-corrected chi connectivity index (χ4v) is 1.55.